The normalized spacial score (nSPS) is 12.4. The summed E-state index contributed by atoms with van der Waals surface area (Å²) in [7, 11) is 0. The van der Waals surface area contributed by atoms with Gasteiger partial charge >= 0.3 is 0 Å². The highest BCUT2D eigenvalue weighted by Crippen LogP contribution is 2.26. The minimum absolute atomic E-state index is 0.237. The molecule has 1 atom stereocenters. The van der Waals surface area contributed by atoms with Crippen molar-refractivity contribution in [1.82, 2.24) is 0 Å². The maximum atomic E-state index is 13.4. The van der Waals surface area contributed by atoms with E-state index < -0.39 is 6.10 Å². The first-order valence-corrected chi connectivity index (χ1v) is 6.77. The van der Waals surface area contributed by atoms with Gasteiger partial charge in [0.2, 0.25) is 0 Å². The summed E-state index contributed by atoms with van der Waals surface area (Å²) in [4.78, 5) is 0.573. The van der Waals surface area contributed by atoms with E-state index in [2.05, 4.69) is 0 Å². The number of aliphatic hydroxyl groups is 1. The van der Waals surface area contributed by atoms with E-state index in [1.807, 2.05) is 31.2 Å². The number of halogens is 1. The van der Waals surface area contributed by atoms with E-state index in [-0.39, 0.29) is 5.82 Å². The molecule has 18 heavy (non-hydrogen) atoms. The van der Waals surface area contributed by atoms with Gasteiger partial charge in [0.15, 0.2) is 0 Å². The first kappa shape index (κ1) is 13.1. The molecule has 0 radical (unpaired) electrons. The van der Waals surface area contributed by atoms with Gasteiger partial charge in [-0.2, -0.15) is 0 Å². The third-order valence-corrected chi connectivity index (χ3v) is 3.78. The lowest BCUT2D eigenvalue weighted by atomic mass is 10.1. The monoisotopic (exact) mass is 262 g/mol. The molecule has 2 rings (SSSR count). The van der Waals surface area contributed by atoms with Crippen molar-refractivity contribution in [3.8, 4) is 0 Å². The van der Waals surface area contributed by atoms with Crippen LogP contribution in [-0.2, 0) is 0 Å². The van der Waals surface area contributed by atoms with Gasteiger partial charge in [-0.1, -0.05) is 42.0 Å². The zero-order valence-corrected chi connectivity index (χ0v) is 11.0. The number of benzene rings is 2. The predicted octanol–water partition coefficient (Wildman–Crippen LogP) is 3.96. The second-order valence-corrected chi connectivity index (χ2v) is 5.23. The largest absolute Gasteiger partial charge is 0.388 e. The highest BCUT2D eigenvalue weighted by molar-refractivity contribution is 7.99. The summed E-state index contributed by atoms with van der Waals surface area (Å²) in [6.45, 7) is 1.99. The number of aryl methyl sites for hydroxylation is 1. The Balaban J connectivity index is 2.00. The summed E-state index contributed by atoms with van der Waals surface area (Å²) in [5.74, 6) is 0.212. The van der Waals surface area contributed by atoms with Crippen molar-refractivity contribution < 1.29 is 9.50 Å². The molecule has 0 fully saturated rings. The highest BCUT2D eigenvalue weighted by atomic mass is 32.2. The van der Waals surface area contributed by atoms with E-state index in [1.165, 1.54) is 17.8 Å². The number of aliphatic hydroxyl groups excluding tert-OH is 1. The fraction of sp³-hybridized carbons (Fsp3) is 0.200. The van der Waals surface area contributed by atoms with E-state index in [0.717, 1.165) is 11.1 Å². The Morgan fingerprint density at radius 1 is 1.17 bits per heavy atom. The average molecular weight is 262 g/mol. The quantitative estimate of drug-likeness (QED) is 0.842. The van der Waals surface area contributed by atoms with Gasteiger partial charge in [0, 0.05) is 10.6 Å². The molecule has 1 unspecified atom stereocenters. The van der Waals surface area contributed by atoms with E-state index >= 15 is 0 Å². The Hall–Kier alpha value is -1.32. The van der Waals surface area contributed by atoms with Crippen molar-refractivity contribution in [3.63, 3.8) is 0 Å². The first-order valence-electron chi connectivity index (χ1n) is 5.79. The Labute approximate surface area is 111 Å². The lowest BCUT2D eigenvalue weighted by molar-refractivity contribution is 0.204. The second-order valence-electron chi connectivity index (χ2n) is 4.17. The number of rotatable bonds is 4. The van der Waals surface area contributed by atoms with Gasteiger partial charge in [-0.3, -0.25) is 0 Å². The zero-order chi connectivity index (χ0) is 13.0. The molecule has 0 saturated heterocycles. The summed E-state index contributed by atoms with van der Waals surface area (Å²) in [6, 6.07) is 14.4. The molecule has 0 spiro atoms. The predicted molar refractivity (Wildman–Crippen MR) is 73.3 cm³/mol. The molecule has 0 aliphatic carbocycles. The molecule has 94 valence electrons. The summed E-state index contributed by atoms with van der Waals surface area (Å²) in [6.07, 6.45) is -0.575. The minimum Gasteiger partial charge on any atom is -0.388 e. The van der Waals surface area contributed by atoms with Crippen molar-refractivity contribution in [2.75, 3.05) is 5.75 Å². The van der Waals surface area contributed by atoms with Crippen LogP contribution >= 0.6 is 11.8 Å². The molecule has 0 aliphatic rings. The number of hydrogen-bond donors (Lipinski definition) is 1. The summed E-state index contributed by atoms with van der Waals surface area (Å²) < 4.78 is 13.4. The van der Waals surface area contributed by atoms with Crippen LogP contribution < -0.4 is 0 Å². The number of hydrogen-bond acceptors (Lipinski definition) is 2. The van der Waals surface area contributed by atoms with Crippen LogP contribution in [0, 0.1) is 12.7 Å². The molecule has 0 heterocycles. The third-order valence-electron chi connectivity index (χ3n) is 2.66. The second kappa shape index (κ2) is 6.03. The molecule has 0 bridgehead atoms. The van der Waals surface area contributed by atoms with Crippen molar-refractivity contribution in [2.24, 2.45) is 0 Å². The van der Waals surface area contributed by atoms with Crippen LogP contribution in [0.15, 0.2) is 53.4 Å². The molecule has 2 aromatic carbocycles. The van der Waals surface area contributed by atoms with Gasteiger partial charge in [0.25, 0.3) is 0 Å². The van der Waals surface area contributed by atoms with Crippen molar-refractivity contribution >= 4 is 11.8 Å². The van der Waals surface area contributed by atoms with E-state index in [0.29, 0.717) is 10.6 Å². The Bertz CT molecular complexity index is 527. The Morgan fingerprint density at radius 2 is 1.94 bits per heavy atom. The SMILES string of the molecule is Cc1cccc(C(O)CSc2ccccc2F)c1. The lowest BCUT2D eigenvalue weighted by Gasteiger charge is -2.11. The first-order chi connectivity index (χ1) is 8.66. The fourth-order valence-corrected chi connectivity index (χ4v) is 2.61. The molecule has 0 saturated carbocycles. The maximum absolute atomic E-state index is 13.4. The molecule has 1 nitrogen and oxygen atoms in total. The molecule has 1 N–H and O–H groups in total. The molecular weight excluding hydrogens is 247 g/mol. The molecule has 2 aromatic rings. The summed E-state index contributed by atoms with van der Waals surface area (Å²) in [5.41, 5.74) is 1.99. The Morgan fingerprint density at radius 3 is 2.67 bits per heavy atom. The summed E-state index contributed by atoms with van der Waals surface area (Å²) >= 11 is 1.33. The van der Waals surface area contributed by atoms with Gasteiger partial charge < -0.3 is 5.11 Å². The van der Waals surface area contributed by atoms with Crippen LogP contribution in [0.5, 0.6) is 0 Å². The summed E-state index contributed by atoms with van der Waals surface area (Å²) in [5, 5.41) is 10.1. The van der Waals surface area contributed by atoms with Gasteiger partial charge in [0.1, 0.15) is 5.82 Å². The average Bonchev–Trinajstić information content (AvgIpc) is 2.37. The van der Waals surface area contributed by atoms with Crippen molar-refractivity contribution in [1.29, 1.82) is 0 Å². The Kier molecular flexibility index (Phi) is 4.39. The number of thioether (sulfide) groups is 1. The van der Waals surface area contributed by atoms with Crippen LogP contribution in [0.1, 0.15) is 17.2 Å². The van der Waals surface area contributed by atoms with Gasteiger partial charge in [-0.25, -0.2) is 4.39 Å². The smallest absolute Gasteiger partial charge is 0.136 e. The van der Waals surface area contributed by atoms with Crippen LogP contribution in [-0.4, -0.2) is 10.9 Å². The fourth-order valence-electron chi connectivity index (χ4n) is 1.70. The standard InChI is InChI=1S/C15H15FOS/c1-11-5-4-6-12(9-11)14(17)10-18-15-8-3-2-7-13(15)16/h2-9,14,17H,10H2,1H3. The van der Waals surface area contributed by atoms with E-state index in [9.17, 15) is 9.50 Å². The molecule has 0 aliphatic heterocycles. The van der Waals surface area contributed by atoms with Crippen LogP contribution in [0.4, 0.5) is 4.39 Å². The van der Waals surface area contributed by atoms with Gasteiger partial charge in [0.05, 0.1) is 6.10 Å². The van der Waals surface area contributed by atoms with E-state index in [1.54, 1.807) is 18.2 Å². The molecule has 3 heteroatoms. The van der Waals surface area contributed by atoms with Crippen molar-refractivity contribution in [2.45, 2.75) is 17.9 Å². The van der Waals surface area contributed by atoms with Crippen LogP contribution in [0.3, 0.4) is 0 Å². The zero-order valence-electron chi connectivity index (χ0n) is 10.1. The maximum Gasteiger partial charge on any atom is 0.136 e. The molecule has 0 aromatic heterocycles. The topological polar surface area (TPSA) is 20.2 Å². The molecule has 0 amide bonds. The minimum atomic E-state index is -0.575. The molecular formula is C15H15FOS. The third kappa shape index (κ3) is 3.34. The highest BCUT2D eigenvalue weighted by Gasteiger charge is 2.09. The van der Waals surface area contributed by atoms with Crippen molar-refractivity contribution in [3.05, 3.63) is 65.5 Å². The lowest BCUT2D eigenvalue weighted by Crippen LogP contribution is -2.01. The van der Waals surface area contributed by atoms with Crippen LogP contribution in [0.25, 0.3) is 0 Å². The van der Waals surface area contributed by atoms with E-state index in [4.69, 9.17) is 0 Å². The van der Waals surface area contributed by atoms with Gasteiger partial charge in [-0.15, -0.1) is 11.8 Å². The van der Waals surface area contributed by atoms with Crippen LogP contribution in [0.2, 0.25) is 0 Å². The van der Waals surface area contributed by atoms with Gasteiger partial charge in [-0.05, 0) is 24.6 Å².